The van der Waals surface area contributed by atoms with E-state index >= 15 is 0 Å². The van der Waals surface area contributed by atoms with Gasteiger partial charge < -0.3 is 36.2 Å². The first-order valence-corrected chi connectivity index (χ1v) is 14.5. The number of hydrogen-bond donors (Lipinski definition) is 6. The van der Waals surface area contributed by atoms with E-state index in [1.165, 1.54) is 24.8 Å². The summed E-state index contributed by atoms with van der Waals surface area (Å²) in [7, 11) is 0. The third-order valence-electron chi connectivity index (χ3n) is 7.26. The zero-order valence-corrected chi connectivity index (χ0v) is 24.5. The molecule has 232 valence electrons. The van der Waals surface area contributed by atoms with Gasteiger partial charge in [-0.05, 0) is 56.6 Å². The Bertz CT molecular complexity index is 1580. The summed E-state index contributed by atoms with van der Waals surface area (Å²) in [5, 5.41) is 33.7. The molecule has 2 aromatic heterocycles. The lowest BCUT2D eigenvalue weighted by Gasteiger charge is -2.16. The first kappa shape index (κ1) is 31.0. The van der Waals surface area contributed by atoms with Crippen LogP contribution in [0.5, 0.6) is 0 Å². The molecule has 13 heteroatoms. The second-order valence-corrected chi connectivity index (χ2v) is 10.7. The fourth-order valence-corrected chi connectivity index (χ4v) is 4.85. The number of amides is 2. The van der Waals surface area contributed by atoms with Gasteiger partial charge in [-0.2, -0.15) is 0 Å². The van der Waals surface area contributed by atoms with Gasteiger partial charge in [-0.3, -0.25) is 4.57 Å². The van der Waals surface area contributed by atoms with Crippen LogP contribution in [0.4, 0.5) is 20.7 Å². The molecule has 44 heavy (non-hydrogen) atoms. The number of aliphatic hydroxyl groups excluding tert-OH is 2. The number of fused-ring (bicyclic) bond motifs is 1. The van der Waals surface area contributed by atoms with Crippen molar-refractivity contribution in [2.24, 2.45) is 0 Å². The first-order chi connectivity index (χ1) is 21.3. The number of benzene rings is 2. The minimum atomic E-state index is -1.22. The van der Waals surface area contributed by atoms with Crippen molar-refractivity contribution in [3.8, 4) is 0 Å². The number of aliphatic hydroxyl groups is 2. The zero-order valence-electron chi connectivity index (χ0n) is 24.5. The Labute approximate surface area is 254 Å². The molecule has 1 aliphatic rings. The number of nitrogens with one attached hydrogen (secondary N) is 4. The molecule has 3 heterocycles. The maximum atomic E-state index is 13.5. The van der Waals surface area contributed by atoms with Gasteiger partial charge >= 0.3 is 6.03 Å². The zero-order chi connectivity index (χ0) is 31.1. The van der Waals surface area contributed by atoms with Crippen LogP contribution in [-0.4, -0.2) is 73.2 Å². The second kappa shape index (κ2) is 14.4. The monoisotopic (exact) mass is 604 g/mol. The van der Waals surface area contributed by atoms with Gasteiger partial charge in [-0.1, -0.05) is 42.0 Å². The first-order valence-electron chi connectivity index (χ1n) is 14.5. The van der Waals surface area contributed by atoms with E-state index in [9.17, 15) is 19.4 Å². The van der Waals surface area contributed by atoms with E-state index < -0.39 is 24.5 Å². The summed E-state index contributed by atoms with van der Waals surface area (Å²) in [5.41, 5.74) is 3.47. The molecule has 2 aromatic carbocycles. The van der Waals surface area contributed by atoms with Crippen molar-refractivity contribution in [3.63, 3.8) is 0 Å². The van der Waals surface area contributed by atoms with E-state index in [0.29, 0.717) is 36.6 Å². The highest BCUT2D eigenvalue weighted by atomic mass is 19.1. The fraction of sp³-hybridized carbons (Fsp3) is 0.355. The summed E-state index contributed by atoms with van der Waals surface area (Å²) in [5.74, 6) is 0.124. The predicted molar refractivity (Wildman–Crippen MR) is 164 cm³/mol. The number of anilines is 2. The molecule has 6 N–H and O–H groups in total. The number of urea groups is 1. The lowest BCUT2D eigenvalue weighted by molar-refractivity contribution is -0.0245. The Hall–Kier alpha value is -4.43. The maximum Gasteiger partial charge on any atom is 0.319 e. The van der Waals surface area contributed by atoms with Crippen molar-refractivity contribution in [1.82, 2.24) is 30.2 Å². The molecule has 5 rings (SSSR count). The quantitative estimate of drug-likeness (QED) is 0.105. The molecule has 0 saturated carbocycles. The van der Waals surface area contributed by atoms with Crippen molar-refractivity contribution < 1.29 is 24.1 Å². The highest BCUT2D eigenvalue weighted by molar-refractivity contribution is 5.89. The summed E-state index contributed by atoms with van der Waals surface area (Å²) < 4.78 is 21.1. The third-order valence-corrected chi connectivity index (χ3v) is 7.26. The van der Waals surface area contributed by atoms with E-state index in [1.54, 1.807) is 22.8 Å². The number of nitrogens with zero attached hydrogens (tertiary/aromatic N) is 4. The largest absolute Gasteiger partial charge is 0.387 e. The van der Waals surface area contributed by atoms with Crippen LogP contribution < -0.4 is 21.3 Å². The van der Waals surface area contributed by atoms with Crippen LogP contribution in [-0.2, 0) is 11.3 Å². The molecule has 0 aliphatic carbocycles. The van der Waals surface area contributed by atoms with Gasteiger partial charge in [0.25, 0.3) is 0 Å². The van der Waals surface area contributed by atoms with Crippen LogP contribution in [0, 0.1) is 12.7 Å². The van der Waals surface area contributed by atoms with Gasteiger partial charge in [0.15, 0.2) is 23.2 Å². The molecule has 4 aromatic rings. The molecule has 12 nitrogen and oxygen atoms in total. The number of carbonyl (C=O) groups is 1. The molecule has 0 radical (unpaired) electrons. The van der Waals surface area contributed by atoms with Gasteiger partial charge in [0.2, 0.25) is 0 Å². The van der Waals surface area contributed by atoms with Gasteiger partial charge in [-0.25, -0.2) is 24.1 Å². The highest BCUT2D eigenvalue weighted by Gasteiger charge is 2.43. The number of ether oxygens (including phenoxy) is 1. The molecular weight excluding hydrogens is 567 g/mol. The number of aryl methyl sites for hydroxylation is 1. The van der Waals surface area contributed by atoms with Gasteiger partial charge in [0.1, 0.15) is 30.5 Å². The molecule has 2 amide bonds. The van der Waals surface area contributed by atoms with Crippen molar-refractivity contribution in [2.45, 2.75) is 57.4 Å². The van der Waals surface area contributed by atoms with Crippen molar-refractivity contribution in [3.05, 3.63) is 90.3 Å². The molecule has 1 saturated heterocycles. The summed E-state index contributed by atoms with van der Waals surface area (Å²) in [4.78, 5) is 25.0. The average molecular weight is 605 g/mol. The minimum absolute atomic E-state index is 0.0445. The second-order valence-electron chi connectivity index (χ2n) is 10.7. The molecule has 1 aliphatic heterocycles. The molecule has 1 fully saturated rings. The topological polar surface area (TPSA) is 158 Å². The minimum Gasteiger partial charge on any atom is -0.387 e. The predicted octanol–water partition coefficient (Wildman–Crippen LogP) is 3.25. The summed E-state index contributed by atoms with van der Waals surface area (Å²) in [6.45, 7) is 5.44. The summed E-state index contributed by atoms with van der Waals surface area (Å²) >= 11 is 0. The van der Waals surface area contributed by atoms with E-state index in [0.717, 1.165) is 23.2 Å². The Kier molecular flexibility index (Phi) is 10.1. The van der Waals surface area contributed by atoms with E-state index in [2.05, 4.69) is 36.2 Å². The summed E-state index contributed by atoms with van der Waals surface area (Å²) in [6.07, 6.45) is 3.10. The van der Waals surface area contributed by atoms with Gasteiger partial charge in [0, 0.05) is 24.8 Å². The molecular formula is C31H37FN8O4. The Morgan fingerprint density at radius 2 is 1.93 bits per heavy atom. The van der Waals surface area contributed by atoms with Crippen LogP contribution in [0.25, 0.3) is 11.2 Å². The SMILES string of the molecule is Cc1ccc(NC(=O)NCCCNC(C)C=C[C@H]2O[C@@H](n3cnc4c(NCc5cccc(F)c5)ncnc43)[C@H](O)[C@@H]2O)cc1. The number of carbonyl (C=O) groups excluding carboxylic acids is 1. The van der Waals surface area contributed by atoms with Crippen molar-refractivity contribution >= 4 is 28.7 Å². The van der Waals surface area contributed by atoms with Crippen LogP contribution >= 0.6 is 0 Å². The number of aromatic nitrogens is 4. The Balaban J connectivity index is 1.10. The average Bonchev–Trinajstić information content (AvgIpc) is 3.56. The number of halogens is 1. The lowest BCUT2D eigenvalue weighted by Crippen LogP contribution is -2.33. The van der Waals surface area contributed by atoms with Crippen LogP contribution in [0.2, 0.25) is 0 Å². The smallest absolute Gasteiger partial charge is 0.319 e. The van der Waals surface area contributed by atoms with E-state index in [1.807, 2.05) is 44.2 Å². The van der Waals surface area contributed by atoms with Crippen LogP contribution in [0.1, 0.15) is 30.7 Å². The summed E-state index contributed by atoms with van der Waals surface area (Å²) in [6, 6.07) is 13.5. The Morgan fingerprint density at radius 1 is 1.11 bits per heavy atom. The van der Waals surface area contributed by atoms with E-state index in [4.69, 9.17) is 4.74 Å². The van der Waals surface area contributed by atoms with Crippen molar-refractivity contribution in [2.75, 3.05) is 23.7 Å². The highest BCUT2D eigenvalue weighted by Crippen LogP contribution is 2.33. The van der Waals surface area contributed by atoms with Gasteiger partial charge in [0.05, 0.1) is 6.33 Å². The molecule has 1 unspecified atom stereocenters. The number of imidazole rings is 1. The van der Waals surface area contributed by atoms with Crippen LogP contribution in [0.3, 0.4) is 0 Å². The van der Waals surface area contributed by atoms with E-state index in [-0.39, 0.29) is 17.9 Å². The standard InChI is InChI=1S/C31H37FN8O4/c1-19-7-10-23(11-8-19)39-31(43)34-14-4-13-33-20(2)9-12-24-26(41)27(42)30(44-24)40-18-38-25-28(36-17-37-29(25)40)35-16-21-5-3-6-22(32)15-21/h3,5-12,15,17-18,20,24,26-27,30,33,41-42H,4,13-14,16H2,1-2H3,(H2,34,39,43)(H,35,36,37)/t20?,24-,26-,27-,30-/m1/s1. The van der Waals surface area contributed by atoms with Gasteiger partial charge in [-0.15, -0.1) is 0 Å². The maximum absolute atomic E-state index is 13.5. The van der Waals surface area contributed by atoms with Crippen molar-refractivity contribution in [1.29, 1.82) is 0 Å². The number of hydrogen-bond acceptors (Lipinski definition) is 9. The molecule has 0 bridgehead atoms. The normalized spacial score (nSPS) is 20.7. The molecule has 5 atom stereocenters. The fourth-order valence-electron chi connectivity index (χ4n) is 4.85. The Morgan fingerprint density at radius 3 is 2.73 bits per heavy atom. The molecule has 0 spiro atoms. The lowest BCUT2D eigenvalue weighted by atomic mass is 10.1. The van der Waals surface area contributed by atoms with Crippen LogP contribution in [0.15, 0.2) is 73.3 Å². The third kappa shape index (κ3) is 7.74. The number of rotatable bonds is 12.